The van der Waals surface area contributed by atoms with Gasteiger partial charge in [0.05, 0.1) is 18.4 Å². The Hall–Kier alpha value is -2.78. The van der Waals surface area contributed by atoms with Crippen LogP contribution in [0, 0.1) is 0 Å². The van der Waals surface area contributed by atoms with Crippen molar-refractivity contribution in [1.82, 2.24) is 19.5 Å². The first-order chi connectivity index (χ1) is 13.6. The first kappa shape index (κ1) is 17.3. The predicted octanol–water partition coefficient (Wildman–Crippen LogP) is 2.19. The Balaban J connectivity index is 1.38. The summed E-state index contributed by atoms with van der Waals surface area (Å²) >= 11 is 1.34. The van der Waals surface area contributed by atoms with Gasteiger partial charge in [-0.15, -0.1) is 11.3 Å². The molecule has 1 amide bonds. The van der Waals surface area contributed by atoms with Crippen LogP contribution in [-0.4, -0.2) is 56.2 Å². The second kappa shape index (κ2) is 6.39. The average Bonchev–Trinajstić information content (AvgIpc) is 3.34. The summed E-state index contributed by atoms with van der Waals surface area (Å²) in [5.41, 5.74) is 1.54. The topological polar surface area (TPSA) is 97.0 Å². The first-order valence-corrected chi connectivity index (χ1v) is 9.97. The van der Waals surface area contributed by atoms with Gasteiger partial charge < -0.3 is 14.7 Å². The van der Waals surface area contributed by atoms with Gasteiger partial charge in [0.25, 0.3) is 5.91 Å². The van der Waals surface area contributed by atoms with Crippen molar-refractivity contribution in [2.75, 3.05) is 19.7 Å². The van der Waals surface area contributed by atoms with Crippen LogP contribution >= 0.6 is 11.3 Å². The number of aromatic nitrogens is 3. The molecular formula is C19H18N4O4S. The molecule has 1 spiro atoms. The number of rotatable bonds is 2. The minimum Gasteiger partial charge on any atom is -0.477 e. The van der Waals surface area contributed by atoms with Crippen LogP contribution in [0.4, 0.5) is 0 Å². The van der Waals surface area contributed by atoms with Crippen molar-refractivity contribution in [3.63, 3.8) is 0 Å². The number of aromatic carboxylic acids is 1. The fourth-order valence-electron chi connectivity index (χ4n) is 4.16. The number of carbonyl (C=O) groups is 2. The summed E-state index contributed by atoms with van der Waals surface area (Å²) in [4.78, 5) is 31.9. The molecule has 1 saturated heterocycles. The molecule has 0 atom stereocenters. The molecule has 2 aliphatic heterocycles. The van der Waals surface area contributed by atoms with Crippen molar-refractivity contribution >= 4 is 28.9 Å². The molecule has 0 unspecified atom stereocenters. The number of amides is 1. The lowest BCUT2D eigenvalue weighted by Gasteiger charge is -2.44. The number of carboxylic acid groups (broad SMARTS) is 1. The third kappa shape index (κ3) is 2.61. The summed E-state index contributed by atoms with van der Waals surface area (Å²) in [6.07, 6.45) is 7.00. The van der Waals surface area contributed by atoms with Gasteiger partial charge in [-0.3, -0.25) is 4.79 Å². The molecule has 0 saturated carbocycles. The molecule has 0 aromatic carbocycles. The quantitative estimate of drug-likeness (QED) is 0.711. The zero-order valence-corrected chi connectivity index (χ0v) is 15.8. The highest BCUT2D eigenvalue weighted by molar-refractivity contribution is 7.14. The van der Waals surface area contributed by atoms with Crippen LogP contribution in [0.2, 0.25) is 0 Å². The SMILES string of the molecule is O=C(O)c1cc2c(s1)CCOC21CCN(C(=O)c2cnn3cccnc23)CC1. The maximum Gasteiger partial charge on any atom is 0.345 e. The van der Waals surface area contributed by atoms with E-state index in [4.69, 9.17) is 4.74 Å². The summed E-state index contributed by atoms with van der Waals surface area (Å²) in [5.74, 6) is -0.987. The number of piperidine rings is 1. The van der Waals surface area contributed by atoms with Crippen molar-refractivity contribution in [2.45, 2.75) is 24.9 Å². The number of fused-ring (bicyclic) bond motifs is 3. The number of thiophene rings is 1. The van der Waals surface area contributed by atoms with Crippen molar-refractivity contribution in [3.05, 3.63) is 51.6 Å². The standard InChI is InChI=1S/C19H18N4O4S/c24-17(12-11-21-23-6-1-5-20-16(12)23)22-7-3-19(4-8-22)13-10-15(18(25)26)28-14(13)2-9-27-19/h1,5-6,10-11H,2-4,7-9H2,(H,25,26). The van der Waals surface area contributed by atoms with Gasteiger partial charge in [0.15, 0.2) is 5.65 Å². The molecule has 1 N–H and O–H groups in total. The highest BCUT2D eigenvalue weighted by Crippen LogP contribution is 2.44. The minimum atomic E-state index is -0.900. The van der Waals surface area contributed by atoms with E-state index in [1.54, 1.807) is 40.1 Å². The highest BCUT2D eigenvalue weighted by atomic mass is 32.1. The fourth-order valence-corrected chi connectivity index (χ4v) is 5.23. The predicted molar refractivity (Wildman–Crippen MR) is 101 cm³/mol. The smallest absolute Gasteiger partial charge is 0.345 e. The molecule has 2 aliphatic rings. The van der Waals surface area contributed by atoms with Gasteiger partial charge in [-0.25, -0.2) is 14.3 Å². The number of carboxylic acids is 1. The third-order valence-electron chi connectivity index (χ3n) is 5.59. The third-order valence-corrected chi connectivity index (χ3v) is 6.77. The molecule has 0 radical (unpaired) electrons. The van der Waals surface area contributed by atoms with Gasteiger partial charge in [-0.1, -0.05) is 0 Å². The Morgan fingerprint density at radius 1 is 1.29 bits per heavy atom. The number of hydrogen-bond donors (Lipinski definition) is 1. The molecule has 5 rings (SSSR count). The van der Waals surface area contributed by atoms with E-state index in [0.717, 1.165) is 16.9 Å². The van der Waals surface area contributed by atoms with Crippen LogP contribution in [0.25, 0.3) is 5.65 Å². The number of carbonyl (C=O) groups excluding carboxylic acids is 1. The highest BCUT2D eigenvalue weighted by Gasteiger charge is 2.43. The molecule has 3 aromatic heterocycles. The monoisotopic (exact) mass is 398 g/mol. The van der Waals surface area contributed by atoms with Crippen molar-refractivity contribution in [2.24, 2.45) is 0 Å². The Morgan fingerprint density at radius 3 is 2.89 bits per heavy atom. The summed E-state index contributed by atoms with van der Waals surface area (Å²) in [6.45, 7) is 1.67. The molecule has 1 fully saturated rings. The number of likely N-dealkylation sites (tertiary alicyclic amines) is 1. The maximum atomic E-state index is 13.0. The van der Waals surface area contributed by atoms with Gasteiger partial charge in [0, 0.05) is 36.8 Å². The summed E-state index contributed by atoms with van der Waals surface area (Å²) < 4.78 is 7.75. The van der Waals surface area contributed by atoms with E-state index in [-0.39, 0.29) is 5.91 Å². The van der Waals surface area contributed by atoms with Crippen LogP contribution < -0.4 is 0 Å². The van der Waals surface area contributed by atoms with Crippen molar-refractivity contribution < 1.29 is 19.4 Å². The van der Waals surface area contributed by atoms with E-state index < -0.39 is 11.6 Å². The molecule has 3 aromatic rings. The van der Waals surface area contributed by atoms with Gasteiger partial charge in [0.1, 0.15) is 10.4 Å². The fraction of sp³-hybridized carbons (Fsp3) is 0.368. The maximum absolute atomic E-state index is 13.0. The first-order valence-electron chi connectivity index (χ1n) is 9.15. The van der Waals surface area contributed by atoms with Crippen LogP contribution in [0.3, 0.4) is 0 Å². The molecule has 28 heavy (non-hydrogen) atoms. The Kier molecular flexibility index (Phi) is 3.95. The van der Waals surface area contributed by atoms with Crippen LogP contribution in [0.5, 0.6) is 0 Å². The van der Waals surface area contributed by atoms with Gasteiger partial charge in [-0.05, 0) is 30.5 Å². The van der Waals surface area contributed by atoms with Gasteiger partial charge in [0.2, 0.25) is 0 Å². The zero-order valence-electron chi connectivity index (χ0n) is 15.0. The molecule has 144 valence electrons. The number of nitrogens with zero attached hydrogens (tertiary/aromatic N) is 4. The number of ether oxygens (including phenoxy) is 1. The summed E-state index contributed by atoms with van der Waals surface area (Å²) in [7, 11) is 0. The second-order valence-corrected chi connectivity index (χ2v) is 8.22. The molecule has 5 heterocycles. The number of hydrogen-bond acceptors (Lipinski definition) is 6. The Bertz CT molecular complexity index is 1080. The largest absolute Gasteiger partial charge is 0.477 e. The summed E-state index contributed by atoms with van der Waals surface area (Å²) in [5, 5.41) is 13.5. The summed E-state index contributed by atoms with van der Waals surface area (Å²) in [6, 6.07) is 3.53. The van der Waals surface area contributed by atoms with E-state index >= 15 is 0 Å². The van der Waals surface area contributed by atoms with Crippen LogP contribution in [0.1, 0.15) is 43.3 Å². The van der Waals surface area contributed by atoms with Gasteiger partial charge >= 0.3 is 5.97 Å². The van der Waals surface area contributed by atoms with Crippen LogP contribution in [0.15, 0.2) is 30.7 Å². The minimum absolute atomic E-state index is 0.0869. The average molecular weight is 398 g/mol. The lowest BCUT2D eigenvalue weighted by molar-refractivity contribution is -0.0926. The molecule has 8 nitrogen and oxygen atoms in total. The molecular weight excluding hydrogens is 380 g/mol. The van der Waals surface area contributed by atoms with E-state index in [1.807, 2.05) is 0 Å². The second-order valence-electron chi connectivity index (χ2n) is 7.08. The van der Waals surface area contributed by atoms with Crippen LogP contribution in [-0.2, 0) is 16.8 Å². The van der Waals surface area contributed by atoms with E-state index in [0.29, 0.717) is 48.6 Å². The zero-order chi connectivity index (χ0) is 19.3. The lowest BCUT2D eigenvalue weighted by Crippen LogP contribution is -2.48. The van der Waals surface area contributed by atoms with Crippen molar-refractivity contribution in [1.29, 1.82) is 0 Å². The molecule has 9 heteroatoms. The Morgan fingerprint density at radius 2 is 2.11 bits per heavy atom. The Labute approximate surface area is 164 Å². The van der Waals surface area contributed by atoms with E-state index in [2.05, 4.69) is 10.1 Å². The van der Waals surface area contributed by atoms with Crippen molar-refractivity contribution in [3.8, 4) is 0 Å². The van der Waals surface area contributed by atoms with E-state index in [9.17, 15) is 14.7 Å². The normalized spacial score (nSPS) is 18.4. The molecule has 0 bridgehead atoms. The van der Waals surface area contributed by atoms with E-state index in [1.165, 1.54) is 11.3 Å². The van der Waals surface area contributed by atoms with Gasteiger partial charge in [-0.2, -0.15) is 5.10 Å². The molecule has 0 aliphatic carbocycles. The lowest BCUT2D eigenvalue weighted by atomic mass is 9.82.